The Bertz CT molecular complexity index is 1080. The molecule has 3 aromatic carbocycles. The smallest absolute Gasteiger partial charge is 0.261 e. The zero-order valence-corrected chi connectivity index (χ0v) is 16.5. The van der Waals surface area contributed by atoms with Crippen molar-refractivity contribution in [1.82, 2.24) is 5.32 Å². The van der Waals surface area contributed by atoms with Crippen LogP contribution in [-0.2, 0) is 12.8 Å². The Labute approximate surface area is 168 Å². The van der Waals surface area contributed by atoms with E-state index in [2.05, 4.69) is 34.9 Å². The minimum atomic E-state index is -0.345. The van der Waals surface area contributed by atoms with E-state index in [-0.39, 0.29) is 11.0 Å². The molecule has 2 N–H and O–H groups in total. The Hall–Kier alpha value is -3.12. The number of nitrogens with one attached hydrogen (secondary N) is 2. The SMILES string of the molecule is COc1ccc(C(=O)NC(=S)Nc2ccc3c4c(cccc24)CC3)c(OC)c1. The lowest BCUT2D eigenvalue weighted by Gasteiger charge is -2.14. The van der Waals surface area contributed by atoms with Crippen molar-refractivity contribution < 1.29 is 14.3 Å². The average Bonchev–Trinajstić information content (AvgIpc) is 3.14. The predicted octanol–water partition coefficient (Wildman–Crippen LogP) is 4.08. The first kappa shape index (κ1) is 18.3. The molecule has 0 aromatic heterocycles. The molecule has 0 heterocycles. The van der Waals surface area contributed by atoms with Gasteiger partial charge in [-0.1, -0.05) is 24.3 Å². The fourth-order valence-electron chi connectivity index (χ4n) is 3.67. The standard InChI is InChI=1S/C22H20N2O3S/c1-26-15-9-10-17(19(12-15)27-2)21(25)24-22(28)23-18-11-8-14-7-6-13-4-3-5-16(18)20(13)14/h3-5,8-12H,6-7H2,1-2H3,(H2,23,24,25,28). The van der Waals surface area contributed by atoms with Gasteiger partial charge >= 0.3 is 0 Å². The fraction of sp³-hybridized carbons (Fsp3) is 0.182. The van der Waals surface area contributed by atoms with E-state index in [1.165, 1.54) is 23.6 Å². The Morgan fingerprint density at radius 1 is 1.00 bits per heavy atom. The van der Waals surface area contributed by atoms with Crippen LogP contribution in [0.3, 0.4) is 0 Å². The van der Waals surface area contributed by atoms with Gasteiger partial charge in [0, 0.05) is 17.1 Å². The van der Waals surface area contributed by atoms with Crippen molar-refractivity contribution in [2.45, 2.75) is 12.8 Å². The highest BCUT2D eigenvalue weighted by Crippen LogP contribution is 2.35. The van der Waals surface area contributed by atoms with Crippen molar-refractivity contribution in [3.8, 4) is 11.5 Å². The molecule has 0 saturated carbocycles. The molecule has 0 bridgehead atoms. The number of anilines is 1. The highest BCUT2D eigenvalue weighted by atomic mass is 32.1. The number of amides is 1. The molecule has 0 aliphatic heterocycles. The summed E-state index contributed by atoms with van der Waals surface area (Å²) in [5, 5.41) is 8.53. The number of methoxy groups -OCH3 is 2. The van der Waals surface area contributed by atoms with Gasteiger partial charge in [0.25, 0.3) is 5.91 Å². The molecule has 142 valence electrons. The third kappa shape index (κ3) is 3.27. The second kappa shape index (κ2) is 7.48. The summed E-state index contributed by atoms with van der Waals surface area (Å²) in [4.78, 5) is 12.6. The van der Waals surface area contributed by atoms with Crippen LogP contribution in [0, 0.1) is 0 Å². The number of benzene rings is 3. The molecule has 0 saturated heterocycles. The Morgan fingerprint density at radius 3 is 2.54 bits per heavy atom. The molecule has 1 aliphatic carbocycles. The molecule has 28 heavy (non-hydrogen) atoms. The Kier molecular flexibility index (Phi) is 4.88. The van der Waals surface area contributed by atoms with E-state index in [0.29, 0.717) is 17.1 Å². The minimum Gasteiger partial charge on any atom is -0.497 e. The van der Waals surface area contributed by atoms with Crippen LogP contribution in [0.4, 0.5) is 5.69 Å². The summed E-state index contributed by atoms with van der Waals surface area (Å²) >= 11 is 5.38. The molecule has 0 radical (unpaired) electrons. The van der Waals surface area contributed by atoms with E-state index in [9.17, 15) is 4.79 Å². The van der Waals surface area contributed by atoms with Crippen LogP contribution in [0.1, 0.15) is 21.5 Å². The lowest BCUT2D eigenvalue weighted by atomic mass is 10.0. The molecule has 1 amide bonds. The Morgan fingerprint density at radius 2 is 1.79 bits per heavy atom. The van der Waals surface area contributed by atoms with E-state index >= 15 is 0 Å². The second-order valence-electron chi connectivity index (χ2n) is 6.59. The van der Waals surface area contributed by atoms with Gasteiger partial charge in [-0.25, -0.2) is 0 Å². The van der Waals surface area contributed by atoms with E-state index in [4.69, 9.17) is 21.7 Å². The zero-order valence-electron chi connectivity index (χ0n) is 15.7. The molecule has 0 unspecified atom stereocenters. The van der Waals surface area contributed by atoms with Crippen molar-refractivity contribution in [2.24, 2.45) is 0 Å². The highest BCUT2D eigenvalue weighted by Gasteiger charge is 2.18. The van der Waals surface area contributed by atoms with Crippen molar-refractivity contribution >= 4 is 39.7 Å². The van der Waals surface area contributed by atoms with Gasteiger partial charge in [-0.2, -0.15) is 0 Å². The second-order valence-corrected chi connectivity index (χ2v) is 6.99. The van der Waals surface area contributed by atoms with Gasteiger partial charge in [-0.05, 0) is 59.8 Å². The van der Waals surface area contributed by atoms with Crippen LogP contribution >= 0.6 is 12.2 Å². The fourth-order valence-corrected chi connectivity index (χ4v) is 3.87. The molecule has 6 heteroatoms. The van der Waals surface area contributed by atoms with Gasteiger partial charge in [0.15, 0.2) is 5.11 Å². The number of carbonyl (C=O) groups is 1. The van der Waals surface area contributed by atoms with Crippen molar-refractivity contribution in [3.63, 3.8) is 0 Å². The Balaban J connectivity index is 1.54. The van der Waals surface area contributed by atoms with E-state index in [0.717, 1.165) is 23.9 Å². The number of carbonyl (C=O) groups excluding carboxylic acids is 1. The van der Waals surface area contributed by atoms with E-state index in [1.54, 1.807) is 25.3 Å². The zero-order chi connectivity index (χ0) is 19.7. The maximum Gasteiger partial charge on any atom is 0.261 e. The number of thiocarbonyl (C=S) groups is 1. The third-order valence-electron chi connectivity index (χ3n) is 5.01. The molecule has 4 rings (SSSR count). The average molecular weight is 392 g/mol. The molecule has 5 nitrogen and oxygen atoms in total. The van der Waals surface area contributed by atoms with E-state index < -0.39 is 0 Å². The molecular formula is C22H20N2O3S. The summed E-state index contributed by atoms with van der Waals surface area (Å²) in [7, 11) is 3.07. The topological polar surface area (TPSA) is 59.6 Å². The summed E-state index contributed by atoms with van der Waals surface area (Å²) < 4.78 is 10.5. The lowest BCUT2D eigenvalue weighted by molar-refractivity contribution is 0.0974. The summed E-state index contributed by atoms with van der Waals surface area (Å²) in [6.07, 6.45) is 2.13. The molecule has 0 atom stereocenters. The van der Waals surface area contributed by atoms with Crippen LogP contribution in [0.25, 0.3) is 10.8 Å². The first-order valence-electron chi connectivity index (χ1n) is 8.98. The maximum atomic E-state index is 12.6. The van der Waals surface area contributed by atoms with Crippen molar-refractivity contribution in [3.05, 3.63) is 65.2 Å². The van der Waals surface area contributed by atoms with Gasteiger partial charge in [-0.15, -0.1) is 0 Å². The molecule has 1 aliphatic rings. The van der Waals surface area contributed by atoms with Crippen LogP contribution < -0.4 is 20.1 Å². The van der Waals surface area contributed by atoms with E-state index in [1.807, 2.05) is 6.07 Å². The number of hydrogen-bond acceptors (Lipinski definition) is 4. The maximum absolute atomic E-state index is 12.6. The van der Waals surface area contributed by atoms with Gasteiger partial charge in [0.1, 0.15) is 11.5 Å². The number of hydrogen-bond donors (Lipinski definition) is 2. The largest absolute Gasteiger partial charge is 0.497 e. The van der Waals surface area contributed by atoms with Crippen LogP contribution in [-0.4, -0.2) is 25.2 Å². The molecule has 0 fully saturated rings. The molecule has 0 spiro atoms. The normalized spacial score (nSPS) is 11.9. The van der Waals surface area contributed by atoms with Crippen LogP contribution in [0.5, 0.6) is 11.5 Å². The lowest BCUT2D eigenvalue weighted by Crippen LogP contribution is -2.34. The number of aryl methyl sites for hydroxylation is 2. The summed E-state index contributed by atoms with van der Waals surface area (Å²) in [6.45, 7) is 0. The first-order chi connectivity index (χ1) is 13.6. The van der Waals surface area contributed by atoms with Crippen LogP contribution in [0.15, 0.2) is 48.5 Å². The quantitative estimate of drug-likeness (QED) is 0.655. The number of rotatable bonds is 4. The predicted molar refractivity (Wildman–Crippen MR) is 115 cm³/mol. The number of ether oxygens (including phenoxy) is 2. The monoisotopic (exact) mass is 392 g/mol. The van der Waals surface area contributed by atoms with Crippen LogP contribution in [0.2, 0.25) is 0 Å². The van der Waals surface area contributed by atoms with Crippen molar-refractivity contribution in [2.75, 3.05) is 19.5 Å². The molecule has 3 aromatic rings. The van der Waals surface area contributed by atoms with Gasteiger partial charge in [-0.3, -0.25) is 10.1 Å². The van der Waals surface area contributed by atoms with Crippen molar-refractivity contribution in [1.29, 1.82) is 0 Å². The minimum absolute atomic E-state index is 0.238. The highest BCUT2D eigenvalue weighted by molar-refractivity contribution is 7.80. The van der Waals surface area contributed by atoms with Gasteiger partial charge < -0.3 is 14.8 Å². The molecular weight excluding hydrogens is 372 g/mol. The first-order valence-corrected chi connectivity index (χ1v) is 9.39. The van der Waals surface area contributed by atoms with Gasteiger partial charge in [0.2, 0.25) is 0 Å². The third-order valence-corrected chi connectivity index (χ3v) is 5.21. The van der Waals surface area contributed by atoms with Gasteiger partial charge in [0.05, 0.1) is 19.8 Å². The summed E-state index contributed by atoms with van der Waals surface area (Å²) in [5.41, 5.74) is 3.98. The summed E-state index contributed by atoms with van der Waals surface area (Å²) in [6, 6.07) is 15.4. The summed E-state index contributed by atoms with van der Waals surface area (Å²) in [5.74, 6) is 0.690.